The van der Waals surface area contributed by atoms with Crippen molar-refractivity contribution in [3.63, 3.8) is 0 Å². The number of ether oxygens (including phenoxy) is 2. The van der Waals surface area contributed by atoms with Gasteiger partial charge >= 0.3 is 11.9 Å². The summed E-state index contributed by atoms with van der Waals surface area (Å²) in [6.07, 6.45) is 0.873. The van der Waals surface area contributed by atoms with Crippen molar-refractivity contribution < 1.29 is 19.1 Å². The van der Waals surface area contributed by atoms with Gasteiger partial charge in [0.25, 0.3) is 0 Å². The summed E-state index contributed by atoms with van der Waals surface area (Å²) in [6, 6.07) is 13.3. The average molecular weight is 402 g/mol. The number of rotatable bonds is 6. The van der Waals surface area contributed by atoms with E-state index in [4.69, 9.17) is 9.47 Å². The van der Waals surface area contributed by atoms with Crippen molar-refractivity contribution in [3.05, 3.63) is 72.3 Å². The third kappa shape index (κ3) is 4.28. The topological polar surface area (TPSA) is 52.6 Å². The average Bonchev–Trinajstić information content (AvgIpc) is 2.69. The SMILES string of the molecule is C=C(C)C(=O)Oc1c2ccccc2c(OC(=O)C(=C)C)c2cc(CC(C)C)ccc12. The molecule has 0 aliphatic carbocycles. The quantitative estimate of drug-likeness (QED) is 0.215. The van der Waals surface area contributed by atoms with Gasteiger partial charge < -0.3 is 9.47 Å². The molecule has 0 fully saturated rings. The fourth-order valence-electron chi connectivity index (χ4n) is 3.32. The van der Waals surface area contributed by atoms with Crippen molar-refractivity contribution in [2.45, 2.75) is 34.1 Å². The van der Waals surface area contributed by atoms with Gasteiger partial charge in [0, 0.05) is 32.7 Å². The molecule has 0 radical (unpaired) electrons. The minimum atomic E-state index is -0.501. The lowest BCUT2D eigenvalue weighted by Crippen LogP contribution is -2.11. The molecular formula is C26H26O4. The largest absolute Gasteiger partial charge is 0.422 e. The molecule has 0 atom stereocenters. The Morgan fingerprint density at radius 3 is 1.73 bits per heavy atom. The first-order valence-corrected chi connectivity index (χ1v) is 9.91. The van der Waals surface area contributed by atoms with E-state index in [1.807, 2.05) is 42.5 Å². The Morgan fingerprint density at radius 2 is 1.27 bits per heavy atom. The van der Waals surface area contributed by atoms with Gasteiger partial charge in [0.05, 0.1) is 0 Å². The van der Waals surface area contributed by atoms with Gasteiger partial charge in [0.2, 0.25) is 0 Å². The molecule has 4 heteroatoms. The summed E-state index contributed by atoms with van der Waals surface area (Å²) in [7, 11) is 0. The zero-order chi connectivity index (χ0) is 22.0. The van der Waals surface area contributed by atoms with Crippen LogP contribution in [-0.2, 0) is 16.0 Å². The van der Waals surface area contributed by atoms with Crippen LogP contribution in [0.25, 0.3) is 21.5 Å². The summed E-state index contributed by atoms with van der Waals surface area (Å²) in [5.41, 5.74) is 1.72. The number of hydrogen-bond acceptors (Lipinski definition) is 4. The number of carbonyl (C=O) groups excluding carboxylic acids is 2. The summed E-state index contributed by atoms with van der Waals surface area (Å²) >= 11 is 0. The van der Waals surface area contributed by atoms with Crippen LogP contribution < -0.4 is 9.47 Å². The molecule has 3 rings (SSSR count). The van der Waals surface area contributed by atoms with E-state index in [0.29, 0.717) is 50.1 Å². The monoisotopic (exact) mass is 402 g/mol. The molecule has 3 aromatic carbocycles. The first kappa shape index (κ1) is 21.3. The van der Waals surface area contributed by atoms with E-state index in [9.17, 15) is 9.59 Å². The molecule has 154 valence electrons. The van der Waals surface area contributed by atoms with Gasteiger partial charge in [-0.25, -0.2) is 9.59 Å². The predicted molar refractivity (Wildman–Crippen MR) is 121 cm³/mol. The normalized spacial score (nSPS) is 11.0. The van der Waals surface area contributed by atoms with Gasteiger partial charge in [-0.1, -0.05) is 63.4 Å². The van der Waals surface area contributed by atoms with Gasteiger partial charge in [-0.05, 0) is 37.8 Å². The summed E-state index contributed by atoms with van der Waals surface area (Å²) in [4.78, 5) is 24.7. The highest BCUT2D eigenvalue weighted by Gasteiger charge is 2.21. The Hall–Kier alpha value is -3.40. The van der Waals surface area contributed by atoms with Crippen molar-refractivity contribution in [1.29, 1.82) is 0 Å². The molecule has 4 nitrogen and oxygen atoms in total. The van der Waals surface area contributed by atoms with Gasteiger partial charge in [0.15, 0.2) is 0 Å². The van der Waals surface area contributed by atoms with Crippen LogP contribution in [0, 0.1) is 5.92 Å². The Balaban J connectivity index is 2.37. The van der Waals surface area contributed by atoms with Gasteiger partial charge in [-0.3, -0.25) is 0 Å². The maximum Gasteiger partial charge on any atom is 0.338 e. The van der Waals surface area contributed by atoms with Gasteiger partial charge in [-0.15, -0.1) is 0 Å². The molecule has 0 heterocycles. The molecule has 0 spiro atoms. The molecule has 30 heavy (non-hydrogen) atoms. The molecule has 0 N–H and O–H groups in total. The third-order valence-corrected chi connectivity index (χ3v) is 4.72. The smallest absolute Gasteiger partial charge is 0.338 e. The Morgan fingerprint density at radius 1 is 0.800 bits per heavy atom. The second kappa shape index (κ2) is 8.54. The summed E-state index contributed by atoms with van der Waals surface area (Å²) in [6.45, 7) is 14.9. The molecular weight excluding hydrogens is 376 g/mol. The lowest BCUT2D eigenvalue weighted by atomic mass is 9.95. The number of benzene rings is 3. The number of fused-ring (bicyclic) bond motifs is 2. The summed E-state index contributed by atoms with van der Waals surface area (Å²) < 4.78 is 11.5. The summed E-state index contributed by atoms with van der Waals surface area (Å²) in [5, 5.41) is 2.78. The zero-order valence-corrected chi connectivity index (χ0v) is 17.9. The minimum absolute atomic E-state index is 0.307. The highest BCUT2D eigenvalue weighted by Crippen LogP contribution is 2.43. The predicted octanol–water partition coefficient (Wildman–Crippen LogP) is 6.15. The molecule has 0 saturated carbocycles. The second-order valence-electron chi connectivity index (χ2n) is 8.02. The molecule has 0 saturated heterocycles. The number of hydrogen-bond donors (Lipinski definition) is 0. The van der Waals surface area contributed by atoms with Crippen molar-refractivity contribution in [3.8, 4) is 11.5 Å². The van der Waals surface area contributed by atoms with Crippen LogP contribution in [0.5, 0.6) is 11.5 Å². The lowest BCUT2D eigenvalue weighted by molar-refractivity contribution is -0.130. The van der Waals surface area contributed by atoms with Crippen LogP contribution in [0.4, 0.5) is 0 Å². The van der Waals surface area contributed by atoms with Crippen LogP contribution in [-0.4, -0.2) is 11.9 Å². The standard InChI is InChI=1S/C26H26O4/c1-15(2)13-18-11-12-21-22(14-18)24(30-26(28)17(5)6)20-10-8-7-9-19(20)23(21)29-25(27)16(3)4/h7-12,14-15H,3,5,13H2,1-2,4,6H3. The Bertz CT molecular complexity index is 1180. The molecule has 0 aromatic heterocycles. The van der Waals surface area contributed by atoms with Crippen LogP contribution in [0.15, 0.2) is 66.8 Å². The minimum Gasteiger partial charge on any atom is -0.422 e. The highest BCUT2D eigenvalue weighted by atomic mass is 16.5. The zero-order valence-electron chi connectivity index (χ0n) is 17.9. The van der Waals surface area contributed by atoms with Crippen molar-refractivity contribution in [1.82, 2.24) is 0 Å². The van der Waals surface area contributed by atoms with E-state index >= 15 is 0 Å². The van der Waals surface area contributed by atoms with Crippen LogP contribution in [0.2, 0.25) is 0 Å². The maximum atomic E-state index is 12.4. The number of esters is 2. The maximum absolute atomic E-state index is 12.4. The number of carbonyl (C=O) groups is 2. The first-order valence-electron chi connectivity index (χ1n) is 9.91. The lowest BCUT2D eigenvalue weighted by Gasteiger charge is -2.17. The van der Waals surface area contributed by atoms with E-state index in [1.54, 1.807) is 13.8 Å². The fraction of sp³-hybridized carbons (Fsp3) is 0.231. The van der Waals surface area contributed by atoms with Gasteiger partial charge in [0.1, 0.15) is 11.5 Å². The van der Waals surface area contributed by atoms with Crippen molar-refractivity contribution in [2.24, 2.45) is 5.92 Å². The molecule has 0 bridgehead atoms. The fourth-order valence-corrected chi connectivity index (χ4v) is 3.32. The molecule has 3 aromatic rings. The molecule has 0 unspecified atom stereocenters. The molecule has 0 aliphatic heterocycles. The van der Waals surface area contributed by atoms with E-state index < -0.39 is 11.9 Å². The van der Waals surface area contributed by atoms with Crippen molar-refractivity contribution in [2.75, 3.05) is 0 Å². The molecule has 0 aliphatic rings. The second-order valence-corrected chi connectivity index (χ2v) is 8.02. The van der Waals surface area contributed by atoms with Gasteiger partial charge in [-0.2, -0.15) is 0 Å². The summed E-state index contributed by atoms with van der Waals surface area (Å²) in [5.74, 6) is 0.334. The van der Waals surface area contributed by atoms with Crippen molar-refractivity contribution >= 4 is 33.5 Å². The molecule has 0 amide bonds. The van der Waals surface area contributed by atoms with E-state index in [-0.39, 0.29) is 0 Å². The van der Waals surface area contributed by atoms with Crippen LogP contribution in [0.3, 0.4) is 0 Å². The first-order chi connectivity index (χ1) is 14.2. The van der Waals surface area contributed by atoms with E-state index in [1.165, 1.54) is 0 Å². The Kier molecular flexibility index (Phi) is 6.06. The van der Waals surface area contributed by atoms with Crippen LogP contribution in [0.1, 0.15) is 33.3 Å². The van der Waals surface area contributed by atoms with E-state index in [0.717, 1.165) is 12.0 Å². The van der Waals surface area contributed by atoms with E-state index in [2.05, 4.69) is 27.0 Å². The van der Waals surface area contributed by atoms with Crippen LogP contribution >= 0.6 is 0 Å². The third-order valence-electron chi connectivity index (χ3n) is 4.72. The Labute approximate surface area is 176 Å². The highest BCUT2D eigenvalue weighted by molar-refractivity contribution is 6.13.